The maximum Gasteiger partial charge on any atom is 0.226 e. The van der Waals surface area contributed by atoms with Gasteiger partial charge in [-0.3, -0.25) is 14.7 Å². The Morgan fingerprint density at radius 2 is 2.12 bits per heavy atom. The van der Waals surface area contributed by atoms with Crippen molar-refractivity contribution in [1.29, 1.82) is 0 Å². The summed E-state index contributed by atoms with van der Waals surface area (Å²) in [7, 11) is 0. The van der Waals surface area contributed by atoms with Gasteiger partial charge in [-0.15, -0.1) is 0 Å². The summed E-state index contributed by atoms with van der Waals surface area (Å²) in [5.74, 6) is 1.53. The number of nitrogens with zero attached hydrogens (tertiary/aromatic N) is 2. The Bertz CT molecular complexity index is 689. The van der Waals surface area contributed by atoms with Gasteiger partial charge in [0.05, 0.1) is 31.9 Å². The summed E-state index contributed by atoms with van der Waals surface area (Å²) >= 11 is 0. The van der Waals surface area contributed by atoms with Crippen LogP contribution in [-0.4, -0.2) is 42.1 Å². The van der Waals surface area contributed by atoms with E-state index in [4.69, 9.17) is 9.15 Å². The van der Waals surface area contributed by atoms with E-state index >= 15 is 0 Å². The Morgan fingerprint density at radius 3 is 2.92 bits per heavy atom. The van der Waals surface area contributed by atoms with Crippen LogP contribution < -0.4 is 5.32 Å². The fraction of sp³-hybridized carbons (Fsp3) is 0.474. The Labute approximate surface area is 147 Å². The number of pyridine rings is 1. The van der Waals surface area contributed by atoms with Crippen molar-refractivity contribution in [3.05, 3.63) is 54.2 Å². The highest BCUT2D eigenvalue weighted by molar-refractivity contribution is 5.79. The third-order valence-electron chi connectivity index (χ3n) is 5.22. The van der Waals surface area contributed by atoms with Crippen LogP contribution in [0.2, 0.25) is 0 Å². The first kappa shape index (κ1) is 16.3. The molecular formula is C19H23N3O3. The van der Waals surface area contributed by atoms with E-state index in [1.54, 1.807) is 6.26 Å². The molecular weight excluding hydrogens is 318 g/mol. The molecule has 2 aromatic heterocycles. The van der Waals surface area contributed by atoms with Gasteiger partial charge in [0.25, 0.3) is 0 Å². The molecule has 6 heteroatoms. The number of nitrogens with one attached hydrogen (secondary N) is 1. The van der Waals surface area contributed by atoms with Crippen LogP contribution in [0.5, 0.6) is 0 Å². The smallest absolute Gasteiger partial charge is 0.226 e. The summed E-state index contributed by atoms with van der Waals surface area (Å²) in [5.41, 5.74) is 1.26. The van der Waals surface area contributed by atoms with Crippen LogP contribution in [0.1, 0.15) is 11.3 Å². The number of ether oxygens (including phenoxy) is 1. The van der Waals surface area contributed by atoms with Gasteiger partial charge in [0.15, 0.2) is 0 Å². The van der Waals surface area contributed by atoms with Crippen LogP contribution >= 0.6 is 0 Å². The number of rotatable bonds is 5. The highest BCUT2D eigenvalue weighted by Gasteiger charge is 2.43. The molecule has 4 heterocycles. The van der Waals surface area contributed by atoms with Gasteiger partial charge < -0.3 is 14.5 Å². The quantitative estimate of drug-likeness (QED) is 0.896. The topological polar surface area (TPSA) is 67.6 Å². The van der Waals surface area contributed by atoms with Gasteiger partial charge in [-0.25, -0.2) is 0 Å². The van der Waals surface area contributed by atoms with Crippen LogP contribution in [0.4, 0.5) is 0 Å². The minimum atomic E-state index is -0.0869. The van der Waals surface area contributed by atoms with E-state index in [2.05, 4.69) is 15.2 Å². The minimum Gasteiger partial charge on any atom is -0.467 e. The molecule has 25 heavy (non-hydrogen) atoms. The predicted molar refractivity (Wildman–Crippen MR) is 91.4 cm³/mol. The van der Waals surface area contributed by atoms with Crippen molar-refractivity contribution in [1.82, 2.24) is 15.2 Å². The van der Waals surface area contributed by atoms with E-state index in [0.717, 1.165) is 32.0 Å². The second-order valence-electron chi connectivity index (χ2n) is 6.91. The Morgan fingerprint density at radius 1 is 1.24 bits per heavy atom. The molecule has 4 rings (SSSR count). The molecule has 0 radical (unpaired) electrons. The summed E-state index contributed by atoms with van der Waals surface area (Å²) < 4.78 is 11.0. The Balaban J connectivity index is 1.36. The van der Waals surface area contributed by atoms with Gasteiger partial charge in [0.1, 0.15) is 5.76 Å². The third-order valence-corrected chi connectivity index (χ3v) is 5.22. The fourth-order valence-electron chi connectivity index (χ4n) is 3.95. The highest BCUT2D eigenvalue weighted by Crippen LogP contribution is 2.34. The Kier molecular flexibility index (Phi) is 4.81. The normalized spacial score (nSPS) is 26.3. The first-order chi connectivity index (χ1) is 12.3. The maximum absolute atomic E-state index is 12.6. The fourth-order valence-corrected chi connectivity index (χ4v) is 3.95. The first-order valence-electron chi connectivity index (χ1n) is 8.78. The average molecular weight is 341 g/mol. The lowest BCUT2D eigenvalue weighted by Crippen LogP contribution is -2.44. The van der Waals surface area contributed by atoms with Crippen LogP contribution in [0.15, 0.2) is 47.3 Å². The lowest BCUT2D eigenvalue weighted by atomic mass is 9.82. The number of carbonyl (C=O) groups excluding carboxylic acids is 1. The monoisotopic (exact) mass is 341 g/mol. The zero-order chi connectivity index (χ0) is 17.1. The van der Waals surface area contributed by atoms with Crippen molar-refractivity contribution >= 4 is 5.91 Å². The standard InChI is InChI=1S/C19H23N3O3/c23-19(21-8-16-2-1-7-25-16)18-13-24-12-15-10-22(11-17(15)18)9-14-3-5-20-6-4-14/h1-7,15,17-18H,8-13H2,(H,21,23)/t15-,17-,18+/m1/s1. The lowest BCUT2D eigenvalue weighted by Gasteiger charge is -2.31. The number of fused-ring (bicyclic) bond motifs is 1. The third kappa shape index (κ3) is 3.75. The van der Waals surface area contributed by atoms with E-state index in [0.29, 0.717) is 25.0 Å². The molecule has 0 saturated carbocycles. The summed E-state index contributed by atoms with van der Waals surface area (Å²) in [6.07, 6.45) is 5.27. The predicted octanol–water partition coefficient (Wildman–Crippen LogP) is 1.69. The van der Waals surface area contributed by atoms with Crippen molar-refractivity contribution in [3.8, 4) is 0 Å². The number of hydrogen-bond donors (Lipinski definition) is 1. The number of likely N-dealkylation sites (tertiary alicyclic amines) is 1. The largest absolute Gasteiger partial charge is 0.467 e. The van der Waals surface area contributed by atoms with Crippen LogP contribution in [0, 0.1) is 17.8 Å². The summed E-state index contributed by atoms with van der Waals surface area (Å²) in [6, 6.07) is 7.79. The molecule has 0 aromatic carbocycles. The molecule has 3 atom stereocenters. The van der Waals surface area contributed by atoms with Gasteiger partial charge in [0, 0.05) is 32.0 Å². The highest BCUT2D eigenvalue weighted by atomic mass is 16.5. The summed E-state index contributed by atoms with van der Waals surface area (Å²) in [4.78, 5) is 19.1. The van der Waals surface area contributed by atoms with Crippen molar-refractivity contribution in [3.63, 3.8) is 0 Å². The maximum atomic E-state index is 12.6. The van der Waals surface area contributed by atoms with Crippen LogP contribution in [0.3, 0.4) is 0 Å². The molecule has 2 aliphatic rings. The van der Waals surface area contributed by atoms with E-state index in [1.807, 2.05) is 36.7 Å². The van der Waals surface area contributed by atoms with Crippen molar-refractivity contribution in [2.45, 2.75) is 13.1 Å². The molecule has 1 amide bonds. The van der Waals surface area contributed by atoms with Gasteiger partial charge in [-0.05, 0) is 41.7 Å². The molecule has 0 spiro atoms. The molecule has 0 aliphatic carbocycles. The van der Waals surface area contributed by atoms with Crippen molar-refractivity contribution < 1.29 is 13.9 Å². The average Bonchev–Trinajstić information content (AvgIpc) is 3.29. The number of furan rings is 1. The van der Waals surface area contributed by atoms with Gasteiger partial charge in [-0.2, -0.15) is 0 Å². The van der Waals surface area contributed by atoms with Gasteiger partial charge in [-0.1, -0.05) is 0 Å². The first-order valence-corrected chi connectivity index (χ1v) is 8.78. The van der Waals surface area contributed by atoms with E-state index < -0.39 is 0 Å². The van der Waals surface area contributed by atoms with E-state index in [-0.39, 0.29) is 11.8 Å². The molecule has 6 nitrogen and oxygen atoms in total. The molecule has 2 aliphatic heterocycles. The van der Waals surface area contributed by atoms with Crippen molar-refractivity contribution in [2.75, 3.05) is 26.3 Å². The number of aromatic nitrogens is 1. The SMILES string of the molecule is O=C(NCc1ccco1)[C@H]1COC[C@H]2CN(Cc3ccncc3)C[C@H]21. The number of amides is 1. The zero-order valence-corrected chi connectivity index (χ0v) is 14.1. The molecule has 132 valence electrons. The zero-order valence-electron chi connectivity index (χ0n) is 14.1. The second kappa shape index (κ2) is 7.37. The number of carbonyl (C=O) groups is 1. The van der Waals surface area contributed by atoms with Gasteiger partial charge >= 0.3 is 0 Å². The summed E-state index contributed by atoms with van der Waals surface area (Å²) in [5, 5.41) is 2.99. The van der Waals surface area contributed by atoms with Crippen LogP contribution in [-0.2, 0) is 22.6 Å². The molecule has 2 aromatic rings. The minimum absolute atomic E-state index is 0.0665. The lowest BCUT2D eigenvalue weighted by molar-refractivity contribution is -0.133. The van der Waals surface area contributed by atoms with E-state index in [1.165, 1.54) is 5.56 Å². The molecule has 2 saturated heterocycles. The van der Waals surface area contributed by atoms with E-state index in [9.17, 15) is 4.79 Å². The number of hydrogen-bond acceptors (Lipinski definition) is 5. The molecule has 0 bridgehead atoms. The summed E-state index contributed by atoms with van der Waals surface area (Å²) in [6.45, 7) is 4.51. The molecule has 0 unspecified atom stereocenters. The molecule has 2 fully saturated rings. The molecule has 1 N–H and O–H groups in total. The van der Waals surface area contributed by atoms with Crippen molar-refractivity contribution in [2.24, 2.45) is 17.8 Å². The van der Waals surface area contributed by atoms with Gasteiger partial charge in [0.2, 0.25) is 5.91 Å². The second-order valence-corrected chi connectivity index (χ2v) is 6.91. The Hall–Kier alpha value is -2.18. The van der Waals surface area contributed by atoms with Crippen LogP contribution in [0.25, 0.3) is 0 Å².